The molecule has 6 heteroatoms. The number of ether oxygens (including phenoxy) is 5. The van der Waals surface area contributed by atoms with Gasteiger partial charge in [-0.3, -0.25) is 4.79 Å². The third-order valence-corrected chi connectivity index (χ3v) is 4.62. The zero-order chi connectivity index (χ0) is 19.2. The molecule has 1 rings (SSSR count). The molecule has 0 amide bonds. The van der Waals surface area contributed by atoms with Crippen molar-refractivity contribution in [1.29, 1.82) is 0 Å². The summed E-state index contributed by atoms with van der Waals surface area (Å²) in [5, 5.41) is 0. The first kappa shape index (κ1) is 23.3. The smallest absolute Gasteiger partial charge is 0.313 e. The van der Waals surface area contributed by atoms with Gasteiger partial charge in [0, 0.05) is 19.8 Å². The van der Waals surface area contributed by atoms with Crippen molar-refractivity contribution in [3.05, 3.63) is 0 Å². The summed E-state index contributed by atoms with van der Waals surface area (Å²) in [4.78, 5) is 12.2. The fourth-order valence-electron chi connectivity index (χ4n) is 2.94. The highest BCUT2D eigenvalue weighted by molar-refractivity contribution is 5.73. The SMILES string of the molecule is CCCCOC[C@H]1OC[C@@H](C(=O)OC)[C@@H](OCCCC)[C@H]1OCCCC. The van der Waals surface area contributed by atoms with Crippen molar-refractivity contribution in [1.82, 2.24) is 0 Å². The van der Waals surface area contributed by atoms with Crippen LogP contribution in [0.25, 0.3) is 0 Å². The monoisotopic (exact) mass is 374 g/mol. The molecule has 0 unspecified atom stereocenters. The minimum absolute atomic E-state index is 0.226. The summed E-state index contributed by atoms with van der Waals surface area (Å²) >= 11 is 0. The maximum Gasteiger partial charge on any atom is 0.313 e. The van der Waals surface area contributed by atoms with E-state index < -0.39 is 5.92 Å². The molecule has 26 heavy (non-hydrogen) atoms. The van der Waals surface area contributed by atoms with E-state index in [9.17, 15) is 4.79 Å². The van der Waals surface area contributed by atoms with Crippen molar-refractivity contribution in [3.63, 3.8) is 0 Å². The minimum Gasteiger partial charge on any atom is -0.469 e. The summed E-state index contributed by atoms with van der Waals surface area (Å²) < 4.78 is 28.9. The Morgan fingerprint density at radius 2 is 1.50 bits per heavy atom. The van der Waals surface area contributed by atoms with Gasteiger partial charge in [0.05, 0.1) is 20.3 Å². The van der Waals surface area contributed by atoms with E-state index in [0.717, 1.165) is 38.5 Å². The molecule has 1 fully saturated rings. The summed E-state index contributed by atoms with van der Waals surface area (Å²) in [5.74, 6) is -0.767. The van der Waals surface area contributed by atoms with Crippen LogP contribution in [0.1, 0.15) is 59.3 Å². The summed E-state index contributed by atoms with van der Waals surface area (Å²) in [6.07, 6.45) is 5.21. The molecule has 0 aromatic rings. The number of unbranched alkanes of at least 4 members (excludes halogenated alkanes) is 3. The molecule has 0 aliphatic carbocycles. The Hall–Kier alpha value is -0.690. The Morgan fingerprint density at radius 1 is 0.923 bits per heavy atom. The summed E-state index contributed by atoms with van der Waals surface area (Å²) in [5.41, 5.74) is 0. The standard InChI is InChI=1S/C20H38O6/c1-5-8-11-23-15-17-19(25-13-10-7-3)18(24-12-9-6-2)16(14-26-17)20(21)22-4/h16-19H,5-15H2,1-4H3/t16-,17-,18-,19+/m1/s1. The van der Waals surface area contributed by atoms with Crippen LogP contribution >= 0.6 is 0 Å². The number of esters is 1. The minimum atomic E-state index is -0.463. The Balaban J connectivity index is 2.80. The molecule has 0 spiro atoms. The third-order valence-electron chi connectivity index (χ3n) is 4.62. The van der Waals surface area contributed by atoms with Gasteiger partial charge >= 0.3 is 5.97 Å². The van der Waals surface area contributed by atoms with Crippen molar-refractivity contribution in [2.45, 2.75) is 77.6 Å². The van der Waals surface area contributed by atoms with Crippen LogP contribution in [0.15, 0.2) is 0 Å². The topological polar surface area (TPSA) is 63.2 Å². The molecule has 1 aliphatic heterocycles. The van der Waals surface area contributed by atoms with Gasteiger partial charge in [-0.25, -0.2) is 0 Å². The predicted octanol–water partition coefficient (Wildman–Crippen LogP) is 3.36. The lowest BCUT2D eigenvalue weighted by atomic mass is 9.91. The van der Waals surface area contributed by atoms with Gasteiger partial charge in [0.15, 0.2) is 0 Å². The fraction of sp³-hybridized carbons (Fsp3) is 0.950. The van der Waals surface area contributed by atoms with Crippen LogP contribution in [0.3, 0.4) is 0 Å². The second kappa shape index (κ2) is 14.4. The van der Waals surface area contributed by atoms with Crippen LogP contribution in [0.4, 0.5) is 0 Å². The zero-order valence-electron chi connectivity index (χ0n) is 17.0. The molecule has 0 N–H and O–H groups in total. The van der Waals surface area contributed by atoms with E-state index in [1.807, 2.05) is 0 Å². The molecule has 0 bridgehead atoms. The fourth-order valence-corrected chi connectivity index (χ4v) is 2.94. The maximum atomic E-state index is 12.2. The van der Waals surface area contributed by atoms with Crippen LogP contribution in [-0.4, -0.2) is 64.4 Å². The number of methoxy groups -OCH3 is 1. The Kier molecular flexibility index (Phi) is 12.9. The molecule has 0 aromatic heterocycles. The van der Waals surface area contributed by atoms with Crippen LogP contribution < -0.4 is 0 Å². The van der Waals surface area contributed by atoms with E-state index in [-0.39, 0.29) is 30.9 Å². The van der Waals surface area contributed by atoms with Gasteiger partial charge < -0.3 is 23.7 Å². The molecule has 1 aliphatic rings. The first-order valence-electron chi connectivity index (χ1n) is 10.2. The van der Waals surface area contributed by atoms with Gasteiger partial charge in [-0.1, -0.05) is 40.0 Å². The number of carbonyl (C=O) groups excluding carboxylic acids is 1. The van der Waals surface area contributed by atoms with E-state index in [1.165, 1.54) is 7.11 Å². The van der Waals surface area contributed by atoms with Crippen LogP contribution in [0.2, 0.25) is 0 Å². The lowest BCUT2D eigenvalue weighted by Gasteiger charge is -2.41. The molecular weight excluding hydrogens is 336 g/mol. The van der Waals surface area contributed by atoms with Crippen molar-refractivity contribution in [2.75, 3.05) is 40.1 Å². The largest absolute Gasteiger partial charge is 0.469 e. The lowest BCUT2D eigenvalue weighted by Crippen LogP contribution is -2.56. The van der Waals surface area contributed by atoms with Crippen molar-refractivity contribution in [2.24, 2.45) is 5.92 Å². The number of hydrogen-bond acceptors (Lipinski definition) is 6. The third kappa shape index (κ3) is 7.91. The van der Waals surface area contributed by atoms with Crippen LogP contribution in [-0.2, 0) is 28.5 Å². The number of hydrogen-bond donors (Lipinski definition) is 0. The molecule has 0 saturated carbocycles. The second-order valence-electron chi connectivity index (χ2n) is 6.81. The van der Waals surface area contributed by atoms with Crippen LogP contribution in [0, 0.1) is 5.92 Å². The van der Waals surface area contributed by atoms with Gasteiger partial charge in [-0.2, -0.15) is 0 Å². The van der Waals surface area contributed by atoms with Gasteiger partial charge in [0.1, 0.15) is 24.2 Å². The highest BCUT2D eigenvalue weighted by Gasteiger charge is 2.45. The normalized spacial score (nSPS) is 26.0. The number of carbonyl (C=O) groups is 1. The van der Waals surface area contributed by atoms with Crippen LogP contribution in [0.5, 0.6) is 0 Å². The van der Waals surface area contributed by atoms with Crippen molar-refractivity contribution < 1.29 is 28.5 Å². The van der Waals surface area contributed by atoms with Gasteiger partial charge in [-0.05, 0) is 19.3 Å². The van der Waals surface area contributed by atoms with E-state index in [1.54, 1.807) is 0 Å². The molecule has 1 heterocycles. The molecular formula is C20H38O6. The average Bonchev–Trinajstić information content (AvgIpc) is 2.66. The van der Waals surface area contributed by atoms with E-state index in [4.69, 9.17) is 23.7 Å². The molecule has 0 aromatic carbocycles. The Bertz CT molecular complexity index is 362. The van der Waals surface area contributed by atoms with Gasteiger partial charge in [0.25, 0.3) is 0 Å². The first-order valence-corrected chi connectivity index (χ1v) is 10.2. The quantitative estimate of drug-likeness (QED) is 0.343. The van der Waals surface area contributed by atoms with Crippen molar-refractivity contribution >= 4 is 5.97 Å². The highest BCUT2D eigenvalue weighted by atomic mass is 16.6. The molecule has 0 radical (unpaired) electrons. The van der Waals surface area contributed by atoms with E-state index in [2.05, 4.69) is 20.8 Å². The second-order valence-corrected chi connectivity index (χ2v) is 6.81. The maximum absolute atomic E-state index is 12.2. The molecule has 154 valence electrons. The number of rotatable bonds is 14. The van der Waals surface area contributed by atoms with Gasteiger partial charge in [0.2, 0.25) is 0 Å². The molecule has 6 nitrogen and oxygen atoms in total. The molecule has 1 saturated heterocycles. The zero-order valence-corrected chi connectivity index (χ0v) is 17.0. The first-order chi connectivity index (χ1) is 12.7. The summed E-state index contributed by atoms with van der Waals surface area (Å²) in [7, 11) is 1.40. The van der Waals surface area contributed by atoms with E-state index >= 15 is 0 Å². The lowest BCUT2D eigenvalue weighted by molar-refractivity contribution is -0.219. The Morgan fingerprint density at radius 3 is 2.08 bits per heavy atom. The van der Waals surface area contributed by atoms with Gasteiger partial charge in [-0.15, -0.1) is 0 Å². The summed E-state index contributed by atoms with van der Waals surface area (Å²) in [6, 6.07) is 0. The molecule has 4 atom stereocenters. The predicted molar refractivity (Wildman–Crippen MR) is 100 cm³/mol. The Labute approximate surface area is 158 Å². The highest BCUT2D eigenvalue weighted by Crippen LogP contribution is 2.28. The average molecular weight is 375 g/mol. The van der Waals surface area contributed by atoms with E-state index in [0.29, 0.717) is 26.4 Å². The van der Waals surface area contributed by atoms with Crippen molar-refractivity contribution in [3.8, 4) is 0 Å². The summed E-state index contributed by atoms with van der Waals surface area (Å²) in [6.45, 7) is 9.04.